The summed E-state index contributed by atoms with van der Waals surface area (Å²) in [6.07, 6.45) is 1.82. The van der Waals surface area contributed by atoms with Crippen molar-refractivity contribution in [3.63, 3.8) is 0 Å². The van der Waals surface area contributed by atoms with Crippen LogP contribution < -0.4 is 10.7 Å². The van der Waals surface area contributed by atoms with Crippen LogP contribution in [0.4, 0.5) is 0 Å². The Hall–Kier alpha value is -1.03. The molecule has 0 aliphatic carbocycles. The Morgan fingerprint density at radius 2 is 2.36 bits per heavy atom. The van der Waals surface area contributed by atoms with Crippen molar-refractivity contribution in [3.05, 3.63) is 12.7 Å². The zero-order valence-electron chi connectivity index (χ0n) is 8.71. The smallest absolute Gasteiger partial charge is 0.147 e. The molecule has 0 amide bonds. The highest BCUT2D eigenvalue weighted by Crippen LogP contribution is 2.34. The molecule has 0 radical (unpaired) electrons. The van der Waals surface area contributed by atoms with E-state index in [1.54, 1.807) is 0 Å². The monoisotopic (exact) mass is 194 g/mol. The normalized spacial score (nSPS) is 24.1. The van der Waals surface area contributed by atoms with Crippen LogP contribution in [0.1, 0.15) is 6.92 Å². The average molecular weight is 194 g/mol. The molecular formula is C10H18N4. The molecule has 0 atom stereocenters. The van der Waals surface area contributed by atoms with E-state index in [9.17, 15) is 0 Å². The van der Waals surface area contributed by atoms with Gasteiger partial charge in [-0.1, -0.05) is 6.58 Å². The van der Waals surface area contributed by atoms with Crippen LogP contribution in [0.15, 0.2) is 17.8 Å². The van der Waals surface area contributed by atoms with E-state index in [1.807, 2.05) is 13.0 Å². The van der Waals surface area contributed by atoms with E-state index in [2.05, 4.69) is 27.3 Å². The molecule has 78 valence electrons. The van der Waals surface area contributed by atoms with Crippen LogP contribution in [-0.2, 0) is 0 Å². The first kappa shape index (κ1) is 9.52. The molecule has 2 fully saturated rings. The van der Waals surface area contributed by atoms with Gasteiger partial charge in [-0.05, 0) is 13.0 Å². The number of likely N-dealkylation sites (tertiary alicyclic amines) is 1. The highest BCUT2D eigenvalue weighted by Gasteiger charge is 2.48. The van der Waals surface area contributed by atoms with Gasteiger partial charge >= 0.3 is 0 Å². The van der Waals surface area contributed by atoms with Gasteiger partial charge in [-0.2, -0.15) is 5.10 Å². The Labute approximate surface area is 85.0 Å². The summed E-state index contributed by atoms with van der Waals surface area (Å²) in [5.74, 6) is 0.976. The molecule has 14 heavy (non-hydrogen) atoms. The molecule has 2 saturated heterocycles. The van der Waals surface area contributed by atoms with E-state index < -0.39 is 0 Å². The van der Waals surface area contributed by atoms with Crippen LogP contribution in [0, 0.1) is 5.41 Å². The molecule has 0 saturated carbocycles. The molecule has 4 nitrogen and oxygen atoms in total. The molecule has 1 spiro atoms. The Morgan fingerprint density at radius 1 is 1.64 bits per heavy atom. The van der Waals surface area contributed by atoms with Crippen molar-refractivity contribution in [3.8, 4) is 0 Å². The number of nitrogens with zero attached hydrogens (tertiary/aromatic N) is 2. The van der Waals surface area contributed by atoms with E-state index in [4.69, 9.17) is 0 Å². The maximum Gasteiger partial charge on any atom is 0.147 e. The van der Waals surface area contributed by atoms with Crippen LogP contribution in [-0.4, -0.2) is 43.5 Å². The lowest BCUT2D eigenvalue weighted by molar-refractivity contribution is 0.00737. The number of rotatable bonds is 3. The first-order valence-corrected chi connectivity index (χ1v) is 5.18. The average Bonchev–Trinajstić information content (AvgIpc) is 2.05. The van der Waals surface area contributed by atoms with Crippen LogP contribution in [0.25, 0.3) is 0 Å². The van der Waals surface area contributed by atoms with Gasteiger partial charge in [-0.15, -0.1) is 0 Å². The summed E-state index contributed by atoms with van der Waals surface area (Å²) in [7, 11) is 0. The summed E-state index contributed by atoms with van der Waals surface area (Å²) in [5, 5.41) is 7.58. The van der Waals surface area contributed by atoms with Gasteiger partial charge in [0.2, 0.25) is 0 Å². The van der Waals surface area contributed by atoms with Crippen LogP contribution >= 0.6 is 0 Å². The Kier molecular flexibility index (Phi) is 2.46. The number of hydrazone groups is 1. The summed E-state index contributed by atoms with van der Waals surface area (Å²) in [6.45, 7) is 11.2. The van der Waals surface area contributed by atoms with Crippen molar-refractivity contribution in [2.45, 2.75) is 6.92 Å². The van der Waals surface area contributed by atoms with Crippen LogP contribution in [0.3, 0.4) is 0 Å². The third-order valence-electron chi connectivity index (χ3n) is 2.91. The minimum atomic E-state index is 0.552. The topological polar surface area (TPSA) is 39.7 Å². The van der Waals surface area contributed by atoms with Crippen molar-refractivity contribution < 1.29 is 0 Å². The molecular weight excluding hydrogens is 176 g/mol. The predicted molar refractivity (Wildman–Crippen MR) is 58.2 cm³/mol. The molecule has 4 heteroatoms. The zero-order valence-corrected chi connectivity index (χ0v) is 8.71. The fourth-order valence-electron chi connectivity index (χ4n) is 2.03. The van der Waals surface area contributed by atoms with Crippen molar-refractivity contribution in [2.24, 2.45) is 10.5 Å². The van der Waals surface area contributed by atoms with E-state index >= 15 is 0 Å². The summed E-state index contributed by atoms with van der Waals surface area (Å²) in [6, 6.07) is 0. The van der Waals surface area contributed by atoms with Gasteiger partial charge in [-0.25, -0.2) is 0 Å². The van der Waals surface area contributed by atoms with Gasteiger partial charge in [-0.3, -0.25) is 0 Å². The molecule has 2 aliphatic heterocycles. The SMILES string of the molecule is C=C/C(=N\NCC)N1CC2(CNC2)C1. The minimum absolute atomic E-state index is 0.552. The fourth-order valence-corrected chi connectivity index (χ4v) is 2.03. The molecule has 0 aromatic carbocycles. The standard InChI is InChI=1S/C10H18N4/c1-3-9(13-12-4-2)14-7-10(8-14)5-11-6-10/h3,11-12H,1,4-8H2,2H3/b13-9+. The lowest BCUT2D eigenvalue weighted by atomic mass is 9.74. The first-order valence-electron chi connectivity index (χ1n) is 5.18. The molecule has 2 aliphatic rings. The fraction of sp³-hybridized carbons (Fsp3) is 0.700. The Bertz CT molecular complexity index is 247. The second-order valence-electron chi connectivity index (χ2n) is 4.15. The molecule has 2 rings (SSSR count). The van der Waals surface area contributed by atoms with Gasteiger partial charge in [0.15, 0.2) is 0 Å². The molecule has 2 N–H and O–H groups in total. The summed E-state index contributed by atoms with van der Waals surface area (Å²) in [4.78, 5) is 2.27. The summed E-state index contributed by atoms with van der Waals surface area (Å²) >= 11 is 0. The maximum atomic E-state index is 4.26. The lowest BCUT2D eigenvalue weighted by Gasteiger charge is -2.56. The van der Waals surface area contributed by atoms with Gasteiger partial charge in [0, 0.05) is 38.1 Å². The van der Waals surface area contributed by atoms with Gasteiger partial charge in [0.1, 0.15) is 5.84 Å². The molecule has 0 aromatic rings. The van der Waals surface area contributed by atoms with Crippen molar-refractivity contribution >= 4 is 5.84 Å². The quantitative estimate of drug-likeness (QED) is 0.377. The van der Waals surface area contributed by atoms with Crippen LogP contribution in [0.2, 0.25) is 0 Å². The van der Waals surface area contributed by atoms with Crippen molar-refractivity contribution in [1.82, 2.24) is 15.6 Å². The molecule has 0 bridgehead atoms. The number of hydrogen-bond donors (Lipinski definition) is 2. The maximum absolute atomic E-state index is 4.26. The highest BCUT2D eigenvalue weighted by molar-refractivity contribution is 5.93. The molecule has 0 unspecified atom stereocenters. The van der Waals surface area contributed by atoms with E-state index in [1.165, 1.54) is 0 Å². The Morgan fingerprint density at radius 3 is 2.79 bits per heavy atom. The third kappa shape index (κ3) is 1.50. The van der Waals surface area contributed by atoms with Gasteiger partial charge < -0.3 is 15.6 Å². The van der Waals surface area contributed by atoms with E-state index in [0.717, 1.165) is 38.6 Å². The zero-order chi connectivity index (χ0) is 10.0. The number of nitrogens with one attached hydrogen (secondary N) is 2. The van der Waals surface area contributed by atoms with E-state index in [0.29, 0.717) is 5.41 Å². The third-order valence-corrected chi connectivity index (χ3v) is 2.91. The number of hydrogen-bond acceptors (Lipinski definition) is 3. The van der Waals surface area contributed by atoms with Gasteiger partial charge in [0.05, 0.1) is 0 Å². The summed E-state index contributed by atoms with van der Waals surface area (Å²) in [5.41, 5.74) is 3.52. The predicted octanol–water partition coefficient (Wildman–Crippen LogP) is 0.000600. The molecule has 0 aromatic heterocycles. The van der Waals surface area contributed by atoms with Crippen molar-refractivity contribution in [1.29, 1.82) is 0 Å². The van der Waals surface area contributed by atoms with E-state index in [-0.39, 0.29) is 0 Å². The van der Waals surface area contributed by atoms with Gasteiger partial charge in [0.25, 0.3) is 0 Å². The second kappa shape index (κ2) is 3.61. The molecule has 2 heterocycles. The lowest BCUT2D eigenvalue weighted by Crippen LogP contribution is -2.71. The van der Waals surface area contributed by atoms with Crippen LogP contribution in [0.5, 0.6) is 0 Å². The largest absolute Gasteiger partial charge is 0.354 e. The van der Waals surface area contributed by atoms with Crippen molar-refractivity contribution in [2.75, 3.05) is 32.7 Å². The minimum Gasteiger partial charge on any atom is -0.354 e. The number of amidine groups is 1. The first-order chi connectivity index (χ1) is 6.79. The second-order valence-corrected chi connectivity index (χ2v) is 4.15. The summed E-state index contributed by atoms with van der Waals surface area (Å²) < 4.78 is 0. The highest BCUT2D eigenvalue weighted by atomic mass is 15.4. The Balaban J connectivity index is 1.86.